The molecule has 0 unspecified atom stereocenters. The number of fused-ring (bicyclic) bond motifs is 1. The summed E-state index contributed by atoms with van der Waals surface area (Å²) in [5.41, 5.74) is 5.03. The lowest BCUT2D eigenvalue weighted by molar-refractivity contribution is -0.152. The van der Waals surface area contributed by atoms with E-state index in [4.69, 9.17) is 14.6 Å². The number of allylic oxidation sites excluding steroid dienone is 1. The van der Waals surface area contributed by atoms with Crippen LogP contribution < -0.4 is 4.74 Å². The van der Waals surface area contributed by atoms with Crippen molar-refractivity contribution in [1.29, 1.82) is 0 Å². The van der Waals surface area contributed by atoms with Gasteiger partial charge in [0, 0.05) is 5.92 Å². The highest BCUT2D eigenvalue weighted by Crippen LogP contribution is 2.44. The van der Waals surface area contributed by atoms with Gasteiger partial charge in [-0.3, -0.25) is 9.59 Å². The third-order valence-corrected chi connectivity index (χ3v) is 6.88. The summed E-state index contributed by atoms with van der Waals surface area (Å²) in [4.78, 5) is 25.9. The summed E-state index contributed by atoms with van der Waals surface area (Å²) in [6.45, 7) is -0.354. The molecule has 1 fully saturated rings. The minimum absolute atomic E-state index is 0.0632. The van der Waals surface area contributed by atoms with Gasteiger partial charge in [-0.25, -0.2) is 5.01 Å². The monoisotopic (exact) mass is 494 g/mol. The Bertz CT molecular complexity index is 1320. The third kappa shape index (κ3) is 5.64. The molecule has 0 saturated heterocycles. The normalized spacial score (nSPS) is 19.8. The summed E-state index contributed by atoms with van der Waals surface area (Å²) in [5, 5.41) is 6.39. The van der Waals surface area contributed by atoms with Gasteiger partial charge in [-0.05, 0) is 59.7 Å². The van der Waals surface area contributed by atoms with E-state index in [0.29, 0.717) is 5.75 Å². The van der Waals surface area contributed by atoms with Crippen LogP contribution in [0.2, 0.25) is 0 Å². The number of benzene rings is 3. The minimum atomic E-state index is -0.466. The molecule has 3 aromatic rings. The lowest BCUT2D eigenvalue weighted by Gasteiger charge is -2.29. The van der Waals surface area contributed by atoms with Crippen LogP contribution in [-0.4, -0.2) is 36.3 Å². The fraction of sp³-hybridized carbons (Fsp3) is 0.258. The number of ether oxygens (including phenoxy) is 2. The van der Waals surface area contributed by atoms with E-state index in [1.165, 1.54) is 5.01 Å². The molecular weight excluding hydrogens is 464 g/mol. The number of carbonyl (C=O) groups excluding carboxylic acids is 2. The van der Waals surface area contributed by atoms with Crippen LogP contribution in [0.3, 0.4) is 0 Å². The van der Waals surface area contributed by atoms with Crippen molar-refractivity contribution in [1.82, 2.24) is 5.01 Å². The van der Waals surface area contributed by atoms with Gasteiger partial charge in [-0.1, -0.05) is 72.8 Å². The van der Waals surface area contributed by atoms with Crippen LogP contribution in [-0.2, 0) is 20.7 Å². The number of carbonyl (C=O) groups is 2. The lowest BCUT2D eigenvalue weighted by atomic mass is 9.77. The molecular formula is C31H30N2O4. The topological polar surface area (TPSA) is 68.2 Å². The molecule has 0 bridgehead atoms. The van der Waals surface area contributed by atoms with Gasteiger partial charge in [0.05, 0.1) is 25.3 Å². The average Bonchev–Trinajstić information content (AvgIpc) is 3.34. The van der Waals surface area contributed by atoms with E-state index in [1.807, 2.05) is 66.7 Å². The van der Waals surface area contributed by atoms with Crippen LogP contribution in [0.5, 0.6) is 5.75 Å². The van der Waals surface area contributed by atoms with E-state index in [0.717, 1.165) is 47.2 Å². The molecule has 0 spiro atoms. The van der Waals surface area contributed by atoms with Crippen molar-refractivity contribution >= 4 is 23.7 Å². The quantitative estimate of drug-likeness (QED) is 0.401. The molecule has 1 aliphatic heterocycles. The minimum Gasteiger partial charge on any atom is -0.497 e. The number of hydrazone groups is 1. The number of amides is 1. The predicted octanol–water partition coefficient (Wildman–Crippen LogP) is 5.60. The number of hydrogen-bond acceptors (Lipinski definition) is 5. The van der Waals surface area contributed by atoms with E-state index < -0.39 is 5.97 Å². The molecule has 37 heavy (non-hydrogen) atoms. The molecule has 1 saturated carbocycles. The Balaban J connectivity index is 1.35. The molecule has 6 nitrogen and oxygen atoms in total. The van der Waals surface area contributed by atoms with Gasteiger partial charge in [0.25, 0.3) is 5.91 Å². The largest absolute Gasteiger partial charge is 0.497 e. The van der Waals surface area contributed by atoms with Crippen LogP contribution in [0.1, 0.15) is 42.0 Å². The molecule has 2 atom stereocenters. The van der Waals surface area contributed by atoms with Crippen molar-refractivity contribution in [3.63, 3.8) is 0 Å². The second kappa shape index (κ2) is 11.2. The fourth-order valence-corrected chi connectivity index (χ4v) is 5.15. The van der Waals surface area contributed by atoms with Crippen molar-refractivity contribution < 1.29 is 19.1 Å². The van der Waals surface area contributed by atoms with Gasteiger partial charge >= 0.3 is 5.97 Å². The van der Waals surface area contributed by atoms with Crippen LogP contribution in [0.25, 0.3) is 6.08 Å². The summed E-state index contributed by atoms with van der Waals surface area (Å²) in [6.07, 6.45) is 5.14. The van der Waals surface area contributed by atoms with Crippen molar-refractivity contribution in [3.8, 4) is 5.75 Å². The predicted molar refractivity (Wildman–Crippen MR) is 143 cm³/mol. The first-order valence-corrected chi connectivity index (χ1v) is 12.6. The van der Waals surface area contributed by atoms with E-state index in [-0.39, 0.29) is 30.9 Å². The van der Waals surface area contributed by atoms with Crippen molar-refractivity contribution in [2.24, 2.45) is 11.0 Å². The molecule has 0 N–H and O–H groups in total. The van der Waals surface area contributed by atoms with Gasteiger partial charge in [-0.2, -0.15) is 5.10 Å². The molecule has 2 aliphatic rings. The van der Waals surface area contributed by atoms with Crippen LogP contribution in [0, 0.1) is 5.92 Å². The first kappa shape index (κ1) is 24.5. The Hall–Kier alpha value is -4.19. The van der Waals surface area contributed by atoms with Crippen molar-refractivity contribution in [2.75, 3.05) is 13.7 Å². The first-order chi connectivity index (χ1) is 18.1. The second-order valence-electron chi connectivity index (χ2n) is 9.35. The fourth-order valence-electron chi connectivity index (χ4n) is 5.15. The molecule has 0 aromatic heterocycles. The van der Waals surface area contributed by atoms with Gasteiger partial charge < -0.3 is 9.47 Å². The molecule has 1 amide bonds. The average molecular weight is 495 g/mol. The Morgan fingerprint density at radius 3 is 2.51 bits per heavy atom. The smallest absolute Gasteiger partial charge is 0.310 e. The lowest BCUT2D eigenvalue weighted by Crippen LogP contribution is -2.34. The molecule has 0 radical (unpaired) electrons. The molecule has 188 valence electrons. The highest BCUT2D eigenvalue weighted by molar-refractivity contribution is 6.08. The maximum absolute atomic E-state index is 13.4. The van der Waals surface area contributed by atoms with Crippen molar-refractivity contribution in [3.05, 3.63) is 107 Å². The number of hydrogen-bond donors (Lipinski definition) is 0. The van der Waals surface area contributed by atoms with Gasteiger partial charge in [0.2, 0.25) is 0 Å². The Labute approximate surface area is 217 Å². The summed E-state index contributed by atoms with van der Waals surface area (Å²) in [5.74, 6) is -0.0231. The Morgan fingerprint density at radius 2 is 1.76 bits per heavy atom. The zero-order valence-corrected chi connectivity index (χ0v) is 20.9. The Kier molecular flexibility index (Phi) is 7.45. The summed E-state index contributed by atoms with van der Waals surface area (Å²) in [6, 6.07) is 27.2. The molecule has 3 aromatic carbocycles. The van der Waals surface area contributed by atoms with E-state index in [9.17, 15) is 9.59 Å². The number of methoxy groups -OCH3 is 1. The zero-order valence-electron chi connectivity index (χ0n) is 20.9. The van der Waals surface area contributed by atoms with E-state index >= 15 is 0 Å². The van der Waals surface area contributed by atoms with Crippen LogP contribution in [0.15, 0.2) is 95.6 Å². The van der Waals surface area contributed by atoms with Crippen LogP contribution in [0.4, 0.5) is 0 Å². The highest BCUT2D eigenvalue weighted by atomic mass is 16.5. The summed E-state index contributed by atoms with van der Waals surface area (Å²) in [7, 11) is 1.58. The molecule has 5 rings (SSSR count). The standard InChI is InChI=1S/C31H30N2O4/c1-36-26-16-8-12-23(19-26)20-29(35)37-21-28(34)33-31(24-13-6-3-7-14-24)27-17-9-15-25(30(27)32-33)18-22-10-4-2-5-11-22/h2-8,10-14,16,18-19,27,31H,9,15,17,20-21H2,1H3/b25-18+/t27-,31+/m0/s1. The van der Waals surface area contributed by atoms with Gasteiger partial charge in [0.1, 0.15) is 5.75 Å². The van der Waals surface area contributed by atoms with Gasteiger partial charge in [-0.15, -0.1) is 0 Å². The van der Waals surface area contributed by atoms with Crippen molar-refractivity contribution in [2.45, 2.75) is 31.7 Å². The number of esters is 1. The maximum atomic E-state index is 13.4. The van der Waals surface area contributed by atoms with Crippen LogP contribution >= 0.6 is 0 Å². The molecule has 1 aliphatic carbocycles. The number of nitrogens with zero attached hydrogens (tertiary/aromatic N) is 2. The van der Waals surface area contributed by atoms with Gasteiger partial charge in [0.15, 0.2) is 6.61 Å². The summed E-state index contributed by atoms with van der Waals surface area (Å²) >= 11 is 0. The van der Waals surface area contributed by atoms with E-state index in [2.05, 4.69) is 18.2 Å². The maximum Gasteiger partial charge on any atom is 0.310 e. The highest BCUT2D eigenvalue weighted by Gasteiger charge is 2.43. The molecule has 1 heterocycles. The van der Waals surface area contributed by atoms with E-state index in [1.54, 1.807) is 13.2 Å². The SMILES string of the molecule is COc1cccc(CC(=O)OCC(=O)N2N=C3/C(=C/c4ccccc4)CCC[C@@H]3[C@H]2c2ccccc2)c1. The number of rotatable bonds is 7. The zero-order chi connectivity index (χ0) is 25.6. The first-order valence-electron chi connectivity index (χ1n) is 12.6. The second-order valence-corrected chi connectivity index (χ2v) is 9.35. The Morgan fingerprint density at radius 1 is 1.00 bits per heavy atom. The summed E-state index contributed by atoms with van der Waals surface area (Å²) < 4.78 is 10.6. The third-order valence-electron chi connectivity index (χ3n) is 6.88. The molecule has 6 heteroatoms.